The van der Waals surface area contributed by atoms with E-state index < -0.39 is 0 Å². The van der Waals surface area contributed by atoms with Crippen molar-refractivity contribution >= 4 is 0 Å². The molecule has 0 saturated heterocycles. The highest BCUT2D eigenvalue weighted by atomic mass is 14.9. The molecule has 1 aliphatic heterocycles. The van der Waals surface area contributed by atoms with E-state index in [2.05, 4.69) is 37.0 Å². The van der Waals surface area contributed by atoms with E-state index in [0.29, 0.717) is 0 Å². The molecule has 12 heavy (non-hydrogen) atoms. The lowest BCUT2D eigenvalue weighted by atomic mass is 9.94. The van der Waals surface area contributed by atoms with E-state index in [1.54, 1.807) is 0 Å². The van der Waals surface area contributed by atoms with Gasteiger partial charge in [0, 0.05) is 6.54 Å². The van der Waals surface area contributed by atoms with Gasteiger partial charge in [-0.15, -0.1) is 0 Å². The summed E-state index contributed by atoms with van der Waals surface area (Å²) in [4.78, 5) is 0. The molecule has 2 rings (SSSR count). The Kier molecular flexibility index (Phi) is 2.13. The lowest BCUT2D eigenvalue weighted by Crippen LogP contribution is -2.22. The third kappa shape index (κ3) is 1.25. The van der Waals surface area contributed by atoms with Crippen LogP contribution in [0.2, 0.25) is 0 Å². The van der Waals surface area contributed by atoms with Gasteiger partial charge in [0.25, 0.3) is 0 Å². The Labute approximate surface area is 73.8 Å². The highest BCUT2D eigenvalue weighted by molar-refractivity contribution is 5.40. The Morgan fingerprint density at radius 2 is 2.42 bits per heavy atom. The number of hydrogen-bond acceptors (Lipinski definition) is 1. The summed E-state index contributed by atoms with van der Waals surface area (Å²) < 4.78 is 0. The molecule has 1 aromatic rings. The van der Waals surface area contributed by atoms with Crippen LogP contribution in [0.25, 0.3) is 0 Å². The molecule has 0 aromatic heterocycles. The monoisotopic (exact) mass is 159 g/mol. The van der Waals surface area contributed by atoms with Gasteiger partial charge in [-0.25, -0.2) is 0 Å². The average Bonchev–Trinajstić information content (AvgIpc) is 2.17. The molecule has 1 aliphatic rings. The van der Waals surface area contributed by atoms with Gasteiger partial charge in [-0.1, -0.05) is 25.1 Å². The maximum absolute atomic E-state index is 3.19. The minimum atomic E-state index is 1.03. The van der Waals surface area contributed by atoms with Gasteiger partial charge in [0.05, 0.1) is 6.54 Å². The fourth-order valence-corrected chi connectivity index (χ4v) is 1.72. The summed E-state index contributed by atoms with van der Waals surface area (Å²) in [5.41, 5.74) is 4.21. The first-order chi connectivity index (χ1) is 5.92. The zero-order chi connectivity index (χ0) is 8.39. The molecule has 0 fully saturated rings. The summed E-state index contributed by atoms with van der Waals surface area (Å²) in [6.45, 7) is 6.43. The second kappa shape index (κ2) is 3.28. The van der Waals surface area contributed by atoms with Gasteiger partial charge in [-0.3, -0.25) is 0 Å². The Morgan fingerprint density at radius 1 is 1.50 bits per heavy atom. The molecule has 0 spiro atoms. The second-order valence-electron chi connectivity index (χ2n) is 3.10. The van der Waals surface area contributed by atoms with Crippen LogP contribution in [-0.4, -0.2) is 6.54 Å². The van der Waals surface area contributed by atoms with Crippen LogP contribution in [0.3, 0.4) is 0 Å². The molecule has 0 amide bonds. The van der Waals surface area contributed by atoms with Crippen LogP contribution in [0.4, 0.5) is 0 Å². The summed E-state index contributed by atoms with van der Waals surface area (Å²) >= 11 is 0. The van der Waals surface area contributed by atoms with Crippen LogP contribution in [0.5, 0.6) is 0 Å². The summed E-state index contributed by atoms with van der Waals surface area (Å²) in [5.74, 6) is 0. The van der Waals surface area contributed by atoms with Crippen molar-refractivity contribution in [1.29, 1.82) is 0 Å². The average molecular weight is 159 g/mol. The van der Waals surface area contributed by atoms with Crippen molar-refractivity contribution in [1.82, 2.24) is 5.32 Å². The van der Waals surface area contributed by atoms with E-state index in [1.165, 1.54) is 16.7 Å². The molecular formula is C11H13N. The van der Waals surface area contributed by atoms with Crippen LogP contribution in [0.15, 0.2) is 18.2 Å². The maximum Gasteiger partial charge on any atom is 0.0936 e. The third-order valence-electron chi connectivity index (χ3n) is 2.38. The van der Waals surface area contributed by atoms with E-state index in [4.69, 9.17) is 0 Å². The predicted octanol–water partition coefficient (Wildman–Crippen LogP) is 1.78. The number of fused-ring (bicyclic) bond motifs is 1. The van der Waals surface area contributed by atoms with Gasteiger partial charge in [-0.05, 0) is 29.5 Å². The van der Waals surface area contributed by atoms with Gasteiger partial charge in [0.1, 0.15) is 0 Å². The maximum atomic E-state index is 3.19. The van der Waals surface area contributed by atoms with Gasteiger partial charge in [0.15, 0.2) is 0 Å². The van der Waals surface area contributed by atoms with E-state index in [9.17, 15) is 0 Å². The lowest BCUT2D eigenvalue weighted by Gasteiger charge is -2.18. The number of hydrogen-bond donors (Lipinski definition) is 1. The molecular weight excluding hydrogens is 146 g/mol. The molecule has 0 aliphatic carbocycles. The highest BCUT2D eigenvalue weighted by Gasteiger charge is 2.11. The Hall–Kier alpha value is -0.820. The van der Waals surface area contributed by atoms with Crippen molar-refractivity contribution in [3.63, 3.8) is 0 Å². The van der Waals surface area contributed by atoms with Crippen molar-refractivity contribution < 1.29 is 0 Å². The largest absolute Gasteiger partial charge is 0.303 e. The quantitative estimate of drug-likeness (QED) is 0.658. The number of benzene rings is 1. The Bertz CT molecular complexity index is 264. The first-order valence-corrected chi connectivity index (χ1v) is 4.51. The van der Waals surface area contributed by atoms with Crippen LogP contribution in [0, 0.1) is 6.54 Å². The van der Waals surface area contributed by atoms with E-state index in [-0.39, 0.29) is 0 Å². The number of rotatable bonds is 1. The van der Waals surface area contributed by atoms with Gasteiger partial charge in [-0.2, -0.15) is 0 Å². The van der Waals surface area contributed by atoms with Gasteiger partial charge in [0.2, 0.25) is 0 Å². The summed E-state index contributed by atoms with van der Waals surface area (Å²) in [6.07, 6.45) is 2.28. The van der Waals surface area contributed by atoms with Crippen LogP contribution >= 0.6 is 0 Å². The summed E-state index contributed by atoms with van der Waals surface area (Å²) in [7, 11) is 0. The molecule has 1 N–H and O–H groups in total. The standard InChI is InChI=1S/C11H13N/c1-2-9-4-3-5-10-8-12-7-6-11(9)10/h3-5,12H,2,6-7H2,1H3. The van der Waals surface area contributed by atoms with Crippen molar-refractivity contribution in [2.45, 2.75) is 19.8 Å². The number of aryl methyl sites for hydroxylation is 1. The van der Waals surface area contributed by atoms with Crippen molar-refractivity contribution in [3.05, 3.63) is 41.4 Å². The summed E-state index contributed by atoms with van der Waals surface area (Å²) in [6, 6.07) is 6.45. The third-order valence-corrected chi connectivity index (χ3v) is 2.38. The zero-order valence-electron chi connectivity index (χ0n) is 7.35. The minimum absolute atomic E-state index is 1.03. The minimum Gasteiger partial charge on any atom is -0.303 e. The Balaban J connectivity index is 2.44. The van der Waals surface area contributed by atoms with E-state index in [1.807, 2.05) is 0 Å². The molecule has 0 unspecified atom stereocenters. The van der Waals surface area contributed by atoms with Crippen molar-refractivity contribution in [3.8, 4) is 0 Å². The van der Waals surface area contributed by atoms with Crippen molar-refractivity contribution in [2.75, 3.05) is 6.54 Å². The molecule has 1 aromatic carbocycles. The van der Waals surface area contributed by atoms with Crippen LogP contribution < -0.4 is 5.32 Å². The van der Waals surface area contributed by atoms with Crippen LogP contribution in [-0.2, 0) is 12.8 Å². The van der Waals surface area contributed by atoms with Crippen LogP contribution in [0.1, 0.15) is 23.6 Å². The second-order valence-corrected chi connectivity index (χ2v) is 3.10. The first-order valence-electron chi connectivity index (χ1n) is 4.51. The van der Waals surface area contributed by atoms with E-state index in [0.717, 1.165) is 19.4 Å². The fourth-order valence-electron chi connectivity index (χ4n) is 1.72. The molecule has 0 saturated carbocycles. The van der Waals surface area contributed by atoms with Crippen molar-refractivity contribution in [2.24, 2.45) is 0 Å². The van der Waals surface area contributed by atoms with Gasteiger partial charge >= 0.3 is 0 Å². The Morgan fingerprint density at radius 3 is 3.25 bits per heavy atom. The highest BCUT2D eigenvalue weighted by Crippen LogP contribution is 2.19. The molecule has 1 heterocycles. The smallest absolute Gasteiger partial charge is 0.0936 e. The SMILES string of the molecule is CCc1cccc2c1CCN[C]2. The molecule has 0 atom stereocenters. The van der Waals surface area contributed by atoms with E-state index >= 15 is 0 Å². The number of nitrogens with one attached hydrogen (secondary N) is 1. The fraction of sp³-hybridized carbons (Fsp3) is 0.364. The molecule has 1 heteroatoms. The molecule has 1 nitrogen and oxygen atoms in total. The lowest BCUT2D eigenvalue weighted by molar-refractivity contribution is 0.744. The molecule has 62 valence electrons. The first kappa shape index (κ1) is 7.81. The van der Waals surface area contributed by atoms with Gasteiger partial charge < -0.3 is 5.32 Å². The molecule has 0 bridgehead atoms. The zero-order valence-corrected chi connectivity index (χ0v) is 7.35. The molecule has 2 radical (unpaired) electrons. The predicted molar refractivity (Wildman–Crippen MR) is 49.9 cm³/mol. The normalized spacial score (nSPS) is 15.8. The topological polar surface area (TPSA) is 12.0 Å². The summed E-state index contributed by atoms with van der Waals surface area (Å²) in [5, 5.41) is 3.14.